The lowest BCUT2D eigenvalue weighted by atomic mass is 10.1. The number of ether oxygens (including phenoxy) is 4. The van der Waals surface area contributed by atoms with Gasteiger partial charge in [-0.15, -0.1) is 0 Å². The third kappa shape index (κ3) is 26.2. The van der Waals surface area contributed by atoms with Crippen LogP contribution < -0.4 is 0 Å². The molecule has 0 radical (unpaired) electrons. The largest absolute Gasteiger partial charge is 0.388 e. The predicted octanol–water partition coefficient (Wildman–Crippen LogP) is 2.34. The van der Waals surface area contributed by atoms with E-state index in [1.54, 1.807) is 7.11 Å². The van der Waals surface area contributed by atoms with Crippen LogP contribution in [0.2, 0.25) is 0 Å². The molecule has 31 heavy (non-hydrogen) atoms. The van der Waals surface area contributed by atoms with Crippen molar-refractivity contribution in [3.63, 3.8) is 0 Å². The van der Waals surface area contributed by atoms with Crippen molar-refractivity contribution in [1.82, 2.24) is 0 Å². The van der Waals surface area contributed by atoms with E-state index in [9.17, 15) is 10.00 Å². The fraction of sp³-hybridized carbons (Fsp3) is 1.00. The highest BCUT2D eigenvalue weighted by Crippen LogP contribution is 2.32. The molecular weight excluding hydrogens is 425 g/mol. The molecule has 0 aromatic carbocycles. The molecule has 0 saturated carbocycles. The molecule has 0 aromatic rings. The number of hydrogen-bond donors (Lipinski definition) is 2. The molecule has 0 bridgehead atoms. The Bertz CT molecular complexity index is 374. The van der Waals surface area contributed by atoms with Crippen LogP contribution in [0.25, 0.3) is 0 Å². The third-order valence-electron chi connectivity index (χ3n) is 4.28. The van der Waals surface area contributed by atoms with Crippen LogP contribution in [0.4, 0.5) is 0 Å². The number of likely N-dealkylation sites (N-methyl/N-ethyl adjacent to an activating group) is 1. The molecule has 0 saturated heterocycles. The number of aliphatic hydroxyl groups is 1. The monoisotopic (exact) mass is 472 g/mol. The zero-order valence-electron chi connectivity index (χ0n) is 20.1. The number of aliphatic hydroxyl groups excluding tert-OH is 1. The van der Waals surface area contributed by atoms with Crippen LogP contribution >= 0.6 is 8.60 Å². The topological polar surface area (TPSA) is 95.8 Å². The van der Waals surface area contributed by atoms with Gasteiger partial charge in [-0.3, -0.25) is 0 Å². The molecule has 188 valence electrons. The molecule has 0 aliphatic carbocycles. The summed E-state index contributed by atoms with van der Waals surface area (Å²) in [7, 11) is 5.85. The van der Waals surface area contributed by atoms with Gasteiger partial charge in [0, 0.05) is 20.3 Å². The minimum Gasteiger partial charge on any atom is -0.388 e. The average molecular weight is 473 g/mol. The Morgan fingerprint density at radius 1 is 0.677 bits per heavy atom. The van der Waals surface area contributed by atoms with Crippen molar-refractivity contribution in [1.29, 1.82) is 0 Å². The van der Waals surface area contributed by atoms with E-state index in [0.717, 1.165) is 36.9 Å². The fourth-order valence-electron chi connectivity index (χ4n) is 2.43. The van der Waals surface area contributed by atoms with Crippen LogP contribution in [0.3, 0.4) is 0 Å². The molecule has 0 heterocycles. The summed E-state index contributed by atoms with van der Waals surface area (Å²) in [5.41, 5.74) is 0. The summed E-state index contributed by atoms with van der Waals surface area (Å²) in [6.45, 7) is 5.30. The molecule has 0 amide bonds. The first-order valence-corrected chi connectivity index (χ1v) is 12.4. The van der Waals surface area contributed by atoms with Crippen LogP contribution in [-0.2, 0) is 28.0 Å². The van der Waals surface area contributed by atoms with Crippen LogP contribution in [0, 0.1) is 0 Å². The summed E-state index contributed by atoms with van der Waals surface area (Å²) < 4.78 is 32.3. The molecule has 0 fully saturated rings. The van der Waals surface area contributed by atoms with Gasteiger partial charge >= 0.3 is 8.60 Å². The molecule has 10 heteroatoms. The second-order valence-corrected chi connectivity index (χ2v) is 9.44. The van der Waals surface area contributed by atoms with Crippen LogP contribution in [-0.4, -0.2) is 115 Å². The van der Waals surface area contributed by atoms with Gasteiger partial charge < -0.3 is 42.5 Å². The lowest BCUT2D eigenvalue weighted by Crippen LogP contribution is -2.37. The first kappa shape index (κ1) is 31.1. The normalized spacial score (nSPS) is 14.1. The maximum Gasteiger partial charge on any atom is 0.330 e. The molecule has 0 aliphatic rings. The molecule has 2 N–H and O–H groups in total. The van der Waals surface area contributed by atoms with Crippen molar-refractivity contribution in [2.75, 3.05) is 94.3 Å². The van der Waals surface area contributed by atoms with Crippen LogP contribution in [0.15, 0.2) is 0 Å². The fourth-order valence-corrected chi connectivity index (χ4v) is 3.04. The van der Waals surface area contributed by atoms with E-state index >= 15 is 0 Å². The summed E-state index contributed by atoms with van der Waals surface area (Å²) in [6.07, 6.45) is 5.94. The molecule has 9 nitrogen and oxygen atoms in total. The van der Waals surface area contributed by atoms with Crippen molar-refractivity contribution in [2.45, 2.75) is 44.6 Å². The van der Waals surface area contributed by atoms with Gasteiger partial charge in [0.1, 0.15) is 19.3 Å². The Labute approximate surface area is 190 Å². The van der Waals surface area contributed by atoms with Gasteiger partial charge in [-0.05, 0) is 12.8 Å². The minimum absolute atomic E-state index is 0.00787. The van der Waals surface area contributed by atoms with Gasteiger partial charge in [-0.1, -0.05) is 25.7 Å². The molecule has 0 rings (SSSR count). The number of methoxy groups -OCH3 is 1. The highest BCUT2D eigenvalue weighted by molar-refractivity contribution is 7.40. The Kier molecular flexibility index (Phi) is 21.9. The number of rotatable bonds is 24. The Morgan fingerprint density at radius 3 is 1.84 bits per heavy atom. The van der Waals surface area contributed by atoms with Crippen molar-refractivity contribution in [3.8, 4) is 0 Å². The van der Waals surface area contributed by atoms with Gasteiger partial charge in [0.2, 0.25) is 0 Å². The maximum atomic E-state index is 9.83. The van der Waals surface area contributed by atoms with Gasteiger partial charge in [0.25, 0.3) is 0 Å². The lowest BCUT2D eigenvalue weighted by Gasteiger charge is -2.24. The van der Waals surface area contributed by atoms with Gasteiger partial charge in [0.05, 0.1) is 60.8 Å². The summed E-state index contributed by atoms with van der Waals surface area (Å²) in [4.78, 5) is 9.65. The van der Waals surface area contributed by atoms with Crippen molar-refractivity contribution >= 4 is 8.60 Å². The Morgan fingerprint density at radius 2 is 1.23 bits per heavy atom. The average Bonchev–Trinajstić information content (AvgIpc) is 2.71. The molecule has 0 spiro atoms. The molecule has 0 aromatic heterocycles. The molecule has 2 unspecified atom stereocenters. The third-order valence-corrected chi connectivity index (χ3v) is 5.06. The van der Waals surface area contributed by atoms with Gasteiger partial charge in [-0.25, -0.2) is 0 Å². The van der Waals surface area contributed by atoms with E-state index in [4.69, 9.17) is 28.0 Å². The zero-order chi connectivity index (χ0) is 23.2. The van der Waals surface area contributed by atoms with Crippen LogP contribution in [0.1, 0.15) is 38.5 Å². The van der Waals surface area contributed by atoms with E-state index in [1.165, 1.54) is 19.3 Å². The Hall–Kier alpha value is 0.0700. The summed E-state index contributed by atoms with van der Waals surface area (Å²) in [6, 6.07) is 0. The van der Waals surface area contributed by atoms with Gasteiger partial charge in [0.15, 0.2) is 0 Å². The van der Waals surface area contributed by atoms with E-state index in [0.29, 0.717) is 39.6 Å². The Balaban J connectivity index is 3.27. The lowest BCUT2D eigenvalue weighted by molar-refractivity contribution is -0.870. The van der Waals surface area contributed by atoms with E-state index in [-0.39, 0.29) is 13.2 Å². The smallest absolute Gasteiger partial charge is 0.330 e. The highest BCUT2D eigenvalue weighted by atomic mass is 31.2. The number of nitrogens with zero attached hydrogens (tertiary/aromatic N) is 1. The maximum absolute atomic E-state index is 9.83. The van der Waals surface area contributed by atoms with E-state index in [2.05, 4.69) is 0 Å². The number of unbranched alkanes of at least 4 members (excludes halogenated alkanes) is 5. The molecular formula is C21H47NO8P+. The second kappa shape index (κ2) is 21.9. The van der Waals surface area contributed by atoms with Crippen molar-refractivity contribution < 1.29 is 42.5 Å². The van der Waals surface area contributed by atoms with Crippen molar-refractivity contribution in [2.24, 2.45) is 0 Å². The summed E-state index contributed by atoms with van der Waals surface area (Å²) in [5, 5.41) is 9.83. The molecule has 0 aliphatic heterocycles. The first-order valence-electron chi connectivity index (χ1n) is 11.3. The molecule has 2 atom stereocenters. The first-order chi connectivity index (χ1) is 14.8. The minimum atomic E-state index is -1.95. The quantitative estimate of drug-likeness (QED) is 0.126. The van der Waals surface area contributed by atoms with Crippen LogP contribution in [0.5, 0.6) is 0 Å². The van der Waals surface area contributed by atoms with Crippen molar-refractivity contribution in [3.05, 3.63) is 0 Å². The standard InChI is InChI=1S/C21H47NO8P/c1-22(2,3)11-14-29-31(24)30-20-21(23)19-28-13-10-8-6-5-7-9-12-26-17-18-27-16-15-25-4/h21,23-24H,5-20H2,1-4H3/q+1. The van der Waals surface area contributed by atoms with E-state index < -0.39 is 14.7 Å². The van der Waals surface area contributed by atoms with Gasteiger partial charge in [-0.2, -0.15) is 0 Å². The predicted molar refractivity (Wildman–Crippen MR) is 122 cm³/mol. The van der Waals surface area contributed by atoms with E-state index in [1.807, 2.05) is 21.1 Å². The number of hydrogen-bond acceptors (Lipinski definition) is 8. The summed E-state index contributed by atoms with van der Waals surface area (Å²) in [5.74, 6) is 0. The summed E-state index contributed by atoms with van der Waals surface area (Å²) >= 11 is 0. The SMILES string of the molecule is COCCOCCOCCCCCCCCOCC(O)COP(O)OCC[N+](C)(C)C. The second-order valence-electron chi connectivity index (χ2n) is 8.45. The number of quaternary nitrogens is 1. The zero-order valence-corrected chi connectivity index (χ0v) is 21.0. The highest BCUT2D eigenvalue weighted by Gasteiger charge is 2.14.